The van der Waals surface area contributed by atoms with Crippen LogP contribution in [0.25, 0.3) is 10.4 Å². The molecule has 1 aliphatic heterocycles. The highest BCUT2D eigenvalue weighted by molar-refractivity contribution is 7.17. The van der Waals surface area contributed by atoms with Crippen LogP contribution >= 0.6 is 11.3 Å². The molecule has 0 radical (unpaired) electrons. The summed E-state index contributed by atoms with van der Waals surface area (Å²) in [4.78, 5) is 25.1. The molecule has 0 unspecified atom stereocenters. The number of benzene rings is 1. The van der Waals surface area contributed by atoms with Crippen molar-refractivity contribution in [3.8, 4) is 21.9 Å². The highest BCUT2D eigenvalue weighted by Crippen LogP contribution is 2.36. The molecule has 1 aromatic heterocycles. The molecular weight excluding hydrogens is 354 g/mol. The Morgan fingerprint density at radius 1 is 1.15 bits per heavy atom. The van der Waals surface area contributed by atoms with Crippen LogP contribution in [0.2, 0.25) is 0 Å². The van der Waals surface area contributed by atoms with E-state index in [-0.39, 0.29) is 12.5 Å². The van der Waals surface area contributed by atoms with Gasteiger partial charge in [0.15, 0.2) is 18.1 Å². The molecule has 2 aromatic rings. The van der Waals surface area contributed by atoms with Crippen molar-refractivity contribution in [2.75, 3.05) is 26.4 Å². The Morgan fingerprint density at radius 2 is 1.92 bits per heavy atom. The molecule has 0 spiro atoms. The molecule has 0 fully saturated rings. The van der Waals surface area contributed by atoms with Crippen molar-refractivity contribution in [3.63, 3.8) is 0 Å². The second-order valence-corrected chi connectivity index (χ2v) is 7.38. The minimum Gasteiger partial charge on any atom is -0.486 e. The maximum absolute atomic E-state index is 12.1. The number of esters is 1. The average Bonchev–Trinajstić information content (AvgIpc) is 3.14. The van der Waals surface area contributed by atoms with Crippen LogP contribution < -0.4 is 14.8 Å². The maximum Gasteiger partial charge on any atom is 0.348 e. The summed E-state index contributed by atoms with van der Waals surface area (Å²) >= 11 is 1.31. The Labute approximate surface area is 156 Å². The molecule has 0 saturated heterocycles. The summed E-state index contributed by atoms with van der Waals surface area (Å²) in [6, 6.07) is 9.24. The fourth-order valence-electron chi connectivity index (χ4n) is 2.37. The van der Waals surface area contributed by atoms with Crippen LogP contribution in [0.1, 0.15) is 23.5 Å². The first-order valence-corrected chi connectivity index (χ1v) is 9.28. The highest BCUT2D eigenvalue weighted by atomic mass is 32.1. The topological polar surface area (TPSA) is 73.9 Å². The fraction of sp³-hybridized carbons (Fsp3) is 0.368. The van der Waals surface area contributed by atoms with Gasteiger partial charge in [0.25, 0.3) is 5.91 Å². The van der Waals surface area contributed by atoms with Gasteiger partial charge in [-0.25, -0.2) is 4.79 Å². The molecule has 0 saturated carbocycles. The predicted octanol–water partition coefficient (Wildman–Crippen LogP) is 3.12. The number of hydrogen-bond acceptors (Lipinski definition) is 6. The summed E-state index contributed by atoms with van der Waals surface area (Å²) in [6.45, 7) is 5.35. The molecule has 138 valence electrons. The van der Waals surface area contributed by atoms with Gasteiger partial charge in [0.2, 0.25) is 0 Å². The van der Waals surface area contributed by atoms with Gasteiger partial charge < -0.3 is 19.5 Å². The highest BCUT2D eigenvalue weighted by Gasteiger charge is 2.16. The molecule has 0 aliphatic carbocycles. The van der Waals surface area contributed by atoms with Gasteiger partial charge in [0, 0.05) is 11.4 Å². The number of ether oxygens (including phenoxy) is 3. The summed E-state index contributed by atoms with van der Waals surface area (Å²) in [5, 5.41) is 2.71. The van der Waals surface area contributed by atoms with E-state index in [4.69, 9.17) is 14.2 Å². The average molecular weight is 375 g/mol. The van der Waals surface area contributed by atoms with Crippen LogP contribution in [0.4, 0.5) is 0 Å². The first-order valence-electron chi connectivity index (χ1n) is 8.46. The summed E-state index contributed by atoms with van der Waals surface area (Å²) in [7, 11) is 0. The summed E-state index contributed by atoms with van der Waals surface area (Å²) < 4.78 is 16.2. The Bertz CT molecular complexity index is 799. The predicted molar refractivity (Wildman–Crippen MR) is 98.9 cm³/mol. The van der Waals surface area contributed by atoms with E-state index in [1.807, 2.05) is 38.1 Å². The molecule has 1 N–H and O–H groups in total. The van der Waals surface area contributed by atoms with Crippen molar-refractivity contribution in [3.05, 3.63) is 35.2 Å². The van der Waals surface area contributed by atoms with Gasteiger partial charge in [-0.1, -0.05) is 13.8 Å². The molecule has 26 heavy (non-hydrogen) atoms. The zero-order valence-electron chi connectivity index (χ0n) is 14.7. The van der Waals surface area contributed by atoms with Gasteiger partial charge in [-0.3, -0.25) is 4.79 Å². The number of carbonyl (C=O) groups is 2. The number of rotatable bonds is 6. The van der Waals surface area contributed by atoms with E-state index >= 15 is 0 Å². The lowest BCUT2D eigenvalue weighted by Gasteiger charge is -2.18. The maximum atomic E-state index is 12.1. The number of nitrogens with one attached hydrogen (secondary N) is 1. The van der Waals surface area contributed by atoms with Crippen molar-refractivity contribution in [1.82, 2.24) is 5.32 Å². The van der Waals surface area contributed by atoms with Crippen molar-refractivity contribution in [2.24, 2.45) is 5.92 Å². The normalized spacial score (nSPS) is 12.7. The van der Waals surface area contributed by atoms with Gasteiger partial charge in [0.1, 0.15) is 18.1 Å². The van der Waals surface area contributed by atoms with Crippen LogP contribution in [-0.2, 0) is 9.53 Å². The number of hydrogen-bond donors (Lipinski definition) is 1. The van der Waals surface area contributed by atoms with Crippen molar-refractivity contribution in [1.29, 1.82) is 0 Å². The van der Waals surface area contributed by atoms with Crippen LogP contribution in [0.15, 0.2) is 30.3 Å². The molecule has 7 heteroatoms. The zero-order valence-corrected chi connectivity index (χ0v) is 15.6. The monoisotopic (exact) mass is 375 g/mol. The molecule has 6 nitrogen and oxygen atoms in total. The van der Waals surface area contributed by atoms with Crippen LogP contribution in [-0.4, -0.2) is 38.2 Å². The minimum atomic E-state index is -0.501. The first kappa shape index (κ1) is 18.3. The number of carbonyl (C=O) groups excluding carboxylic acids is 2. The van der Waals surface area contributed by atoms with Crippen LogP contribution in [0.5, 0.6) is 11.5 Å². The summed E-state index contributed by atoms with van der Waals surface area (Å²) in [5.74, 6) is 0.978. The molecule has 1 aliphatic rings. The summed E-state index contributed by atoms with van der Waals surface area (Å²) in [5.41, 5.74) is 0.938. The number of thiophene rings is 1. The van der Waals surface area contributed by atoms with Gasteiger partial charge >= 0.3 is 5.97 Å². The minimum absolute atomic E-state index is 0.275. The lowest BCUT2D eigenvalue weighted by molar-refractivity contribution is -0.124. The van der Waals surface area contributed by atoms with E-state index in [0.29, 0.717) is 36.3 Å². The van der Waals surface area contributed by atoms with E-state index < -0.39 is 5.97 Å². The van der Waals surface area contributed by atoms with E-state index in [2.05, 4.69) is 5.32 Å². The molecule has 1 aromatic carbocycles. The molecular formula is C19H21NO5S. The van der Waals surface area contributed by atoms with Crippen molar-refractivity contribution >= 4 is 23.2 Å². The third-order valence-electron chi connectivity index (χ3n) is 3.68. The largest absolute Gasteiger partial charge is 0.486 e. The Morgan fingerprint density at radius 3 is 2.69 bits per heavy atom. The van der Waals surface area contributed by atoms with E-state index in [1.165, 1.54) is 11.3 Å². The van der Waals surface area contributed by atoms with Gasteiger partial charge in [-0.05, 0) is 41.8 Å². The fourth-order valence-corrected chi connectivity index (χ4v) is 3.27. The zero-order chi connectivity index (χ0) is 18.5. The smallest absolute Gasteiger partial charge is 0.348 e. The molecule has 2 heterocycles. The van der Waals surface area contributed by atoms with Crippen molar-refractivity contribution < 1.29 is 23.8 Å². The van der Waals surface area contributed by atoms with Crippen LogP contribution in [0, 0.1) is 5.92 Å². The lowest BCUT2D eigenvalue weighted by atomic mass is 10.1. The van der Waals surface area contributed by atoms with Gasteiger partial charge in [-0.15, -0.1) is 11.3 Å². The molecule has 0 atom stereocenters. The van der Waals surface area contributed by atoms with Crippen LogP contribution in [0.3, 0.4) is 0 Å². The third-order valence-corrected chi connectivity index (χ3v) is 4.79. The lowest BCUT2D eigenvalue weighted by Crippen LogP contribution is -2.31. The Hall–Kier alpha value is -2.54. The second-order valence-electron chi connectivity index (χ2n) is 6.30. The van der Waals surface area contributed by atoms with Gasteiger partial charge in [-0.2, -0.15) is 0 Å². The quantitative estimate of drug-likeness (QED) is 0.786. The Kier molecular flexibility index (Phi) is 5.78. The van der Waals surface area contributed by atoms with Crippen molar-refractivity contribution in [2.45, 2.75) is 13.8 Å². The number of amides is 1. The summed E-state index contributed by atoms with van der Waals surface area (Å²) in [6.07, 6.45) is 0. The van der Waals surface area contributed by atoms with E-state index in [1.54, 1.807) is 6.07 Å². The Balaban J connectivity index is 1.60. The molecule has 3 rings (SSSR count). The SMILES string of the molecule is CC(C)CNC(=O)COC(=O)c1ccc(-c2ccc3c(c2)OCCO3)s1. The standard InChI is InChI=1S/C19H21NO5S/c1-12(2)10-20-18(21)11-25-19(22)17-6-5-16(26-17)13-3-4-14-15(9-13)24-8-7-23-14/h3-6,9,12H,7-8,10-11H2,1-2H3,(H,20,21). The van der Waals surface area contributed by atoms with Gasteiger partial charge in [0.05, 0.1) is 0 Å². The van der Waals surface area contributed by atoms with E-state index in [0.717, 1.165) is 16.2 Å². The first-order chi connectivity index (χ1) is 12.5. The number of fused-ring (bicyclic) bond motifs is 1. The third kappa shape index (κ3) is 4.54. The molecule has 0 bridgehead atoms. The van der Waals surface area contributed by atoms with E-state index in [9.17, 15) is 9.59 Å². The second kappa shape index (κ2) is 8.23. The molecule has 1 amide bonds.